The van der Waals surface area contributed by atoms with Crippen LogP contribution in [0.1, 0.15) is 30.6 Å². The van der Waals surface area contributed by atoms with Gasteiger partial charge in [0.2, 0.25) is 0 Å². The first-order chi connectivity index (χ1) is 13.4. The molecule has 0 radical (unpaired) electrons. The molecule has 0 bridgehead atoms. The van der Waals surface area contributed by atoms with E-state index in [0.717, 1.165) is 12.0 Å². The van der Waals surface area contributed by atoms with Gasteiger partial charge in [-0.25, -0.2) is 4.79 Å². The van der Waals surface area contributed by atoms with Gasteiger partial charge in [0, 0.05) is 5.56 Å². The summed E-state index contributed by atoms with van der Waals surface area (Å²) in [5, 5.41) is 3.03. The van der Waals surface area contributed by atoms with Crippen LogP contribution in [0.5, 0.6) is 0 Å². The first-order valence-electron chi connectivity index (χ1n) is 8.93. The number of ether oxygens (including phenoxy) is 2. The monoisotopic (exact) mass is 465 g/mol. The predicted molar refractivity (Wildman–Crippen MR) is 110 cm³/mol. The topological polar surface area (TPSA) is 81.7 Å². The van der Waals surface area contributed by atoms with E-state index < -0.39 is 11.9 Å². The second-order valence-corrected chi connectivity index (χ2v) is 8.86. The van der Waals surface area contributed by atoms with E-state index >= 15 is 0 Å². The van der Waals surface area contributed by atoms with Crippen molar-refractivity contribution in [3.63, 3.8) is 0 Å². The van der Waals surface area contributed by atoms with Crippen molar-refractivity contribution in [3.05, 3.63) is 39.7 Å². The summed E-state index contributed by atoms with van der Waals surface area (Å²) >= 11 is 4.70. The third kappa shape index (κ3) is 4.62. The largest absolute Gasteiger partial charge is 0.462 e. The van der Waals surface area contributed by atoms with E-state index in [0.29, 0.717) is 20.3 Å². The number of halogens is 1. The van der Waals surface area contributed by atoms with Gasteiger partial charge in [-0.2, -0.15) is 0 Å². The average molecular weight is 466 g/mol. The number of esters is 2. The number of carbonyl (C=O) groups excluding carboxylic acids is 3. The van der Waals surface area contributed by atoms with Crippen LogP contribution in [0.15, 0.2) is 34.1 Å². The molecule has 2 unspecified atom stereocenters. The highest BCUT2D eigenvalue weighted by molar-refractivity contribution is 9.11. The Labute approximate surface area is 175 Å². The van der Waals surface area contributed by atoms with Crippen molar-refractivity contribution in [2.24, 2.45) is 11.8 Å². The fourth-order valence-corrected chi connectivity index (χ4v) is 4.68. The van der Waals surface area contributed by atoms with E-state index in [9.17, 15) is 14.4 Å². The Bertz CT molecular complexity index is 896. The summed E-state index contributed by atoms with van der Waals surface area (Å²) in [5.74, 6) is -1.18. The Kier molecular flexibility index (Phi) is 6.51. The molecule has 0 spiro atoms. The Morgan fingerprint density at radius 1 is 1.21 bits per heavy atom. The maximum Gasteiger partial charge on any atom is 0.341 e. The Morgan fingerprint density at radius 2 is 1.89 bits per heavy atom. The van der Waals surface area contributed by atoms with Gasteiger partial charge in [0.05, 0.1) is 16.3 Å². The Hall–Kier alpha value is -2.19. The maximum absolute atomic E-state index is 12.6. The van der Waals surface area contributed by atoms with Crippen LogP contribution in [0.2, 0.25) is 0 Å². The number of thiophene rings is 1. The standard InChI is InChI=1S/C20H20BrNO5S/c1-3-26-20(25)16-15(12-7-5-4-6-8-12)17(21)28-18(16)22-14(23)10-27-19(24)13-9-11(13)2/h4-8,11,13H,3,9-10H2,1-2H3,(H,22,23). The van der Waals surface area contributed by atoms with Gasteiger partial charge in [0.25, 0.3) is 5.91 Å². The van der Waals surface area contributed by atoms with Gasteiger partial charge < -0.3 is 14.8 Å². The van der Waals surface area contributed by atoms with E-state index in [4.69, 9.17) is 9.47 Å². The average Bonchev–Trinajstić information content (AvgIpc) is 3.31. The highest BCUT2D eigenvalue weighted by atomic mass is 79.9. The fourth-order valence-electron chi connectivity index (χ4n) is 2.81. The molecule has 1 saturated carbocycles. The summed E-state index contributed by atoms with van der Waals surface area (Å²) in [4.78, 5) is 36.7. The lowest BCUT2D eigenvalue weighted by atomic mass is 10.0. The highest BCUT2D eigenvalue weighted by Crippen LogP contribution is 2.44. The minimum atomic E-state index is -0.526. The van der Waals surface area contributed by atoms with E-state index in [1.54, 1.807) is 6.92 Å². The lowest BCUT2D eigenvalue weighted by Gasteiger charge is -2.09. The molecule has 6 nitrogen and oxygen atoms in total. The van der Waals surface area contributed by atoms with Crippen molar-refractivity contribution in [2.75, 3.05) is 18.5 Å². The SMILES string of the molecule is CCOC(=O)c1c(NC(=O)COC(=O)C2CC2C)sc(Br)c1-c1ccccc1. The van der Waals surface area contributed by atoms with Crippen molar-refractivity contribution in [3.8, 4) is 11.1 Å². The molecule has 0 saturated heterocycles. The molecule has 148 valence electrons. The molecule has 28 heavy (non-hydrogen) atoms. The molecule has 2 atom stereocenters. The van der Waals surface area contributed by atoms with Gasteiger partial charge in [0.15, 0.2) is 6.61 Å². The smallest absolute Gasteiger partial charge is 0.341 e. The predicted octanol–water partition coefficient (Wildman–Crippen LogP) is 4.49. The molecule has 1 N–H and O–H groups in total. The molecule has 1 heterocycles. The van der Waals surface area contributed by atoms with Crippen LogP contribution in [-0.2, 0) is 19.1 Å². The van der Waals surface area contributed by atoms with Crippen molar-refractivity contribution < 1.29 is 23.9 Å². The van der Waals surface area contributed by atoms with Crippen LogP contribution in [0.3, 0.4) is 0 Å². The van der Waals surface area contributed by atoms with Gasteiger partial charge in [-0.05, 0) is 40.8 Å². The lowest BCUT2D eigenvalue weighted by Crippen LogP contribution is -2.22. The summed E-state index contributed by atoms with van der Waals surface area (Å²) in [6, 6.07) is 9.36. The second kappa shape index (κ2) is 8.87. The number of anilines is 1. The number of carbonyl (C=O) groups is 3. The zero-order valence-corrected chi connectivity index (χ0v) is 17.9. The van der Waals surface area contributed by atoms with E-state index in [-0.39, 0.29) is 30.7 Å². The van der Waals surface area contributed by atoms with Crippen LogP contribution in [0.4, 0.5) is 5.00 Å². The van der Waals surface area contributed by atoms with Crippen molar-refractivity contribution in [1.29, 1.82) is 0 Å². The van der Waals surface area contributed by atoms with Gasteiger partial charge in [-0.1, -0.05) is 37.3 Å². The molecule has 3 rings (SSSR count). The molecule has 2 aromatic rings. The number of amides is 1. The van der Waals surface area contributed by atoms with E-state index in [1.165, 1.54) is 11.3 Å². The normalized spacial score (nSPS) is 17.7. The number of nitrogens with one attached hydrogen (secondary N) is 1. The Morgan fingerprint density at radius 3 is 2.50 bits per heavy atom. The van der Waals surface area contributed by atoms with Gasteiger partial charge in [-0.3, -0.25) is 9.59 Å². The summed E-state index contributed by atoms with van der Waals surface area (Å²) in [6.07, 6.45) is 0.797. The third-order valence-corrected chi connectivity index (χ3v) is 6.19. The molecule has 1 aromatic carbocycles. The molecular formula is C20H20BrNO5S. The van der Waals surface area contributed by atoms with Crippen molar-refractivity contribution >= 4 is 50.1 Å². The maximum atomic E-state index is 12.6. The van der Waals surface area contributed by atoms with Crippen molar-refractivity contribution in [1.82, 2.24) is 0 Å². The quantitative estimate of drug-likeness (QED) is 0.608. The summed E-state index contributed by atoms with van der Waals surface area (Å²) in [7, 11) is 0. The minimum Gasteiger partial charge on any atom is -0.462 e. The first-order valence-corrected chi connectivity index (χ1v) is 10.5. The molecule has 1 aromatic heterocycles. The molecule has 1 aliphatic rings. The van der Waals surface area contributed by atoms with Crippen LogP contribution >= 0.6 is 27.3 Å². The molecule has 0 aliphatic heterocycles. The van der Waals surface area contributed by atoms with Gasteiger partial charge in [0.1, 0.15) is 10.6 Å². The minimum absolute atomic E-state index is 0.108. The van der Waals surface area contributed by atoms with Crippen molar-refractivity contribution in [2.45, 2.75) is 20.3 Å². The van der Waals surface area contributed by atoms with Crippen LogP contribution < -0.4 is 5.32 Å². The molecular weight excluding hydrogens is 446 g/mol. The zero-order chi connectivity index (χ0) is 20.3. The Balaban J connectivity index is 1.81. The summed E-state index contributed by atoms with van der Waals surface area (Å²) in [5.41, 5.74) is 1.76. The van der Waals surface area contributed by atoms with E-state index in [1.807, 2.05) is 37.3 Å². The number of hydrogen-bond acceptors (Lipinski definition) is 6. The van der Waals surface area contributed by atoms with Gasteiger partial charge in [-0.15, -0.1) is 11.3 Å². The number of hydrogen-bond donors (Lipinski definition) is 1. The summed E-state index contributed by atoms with van der Waals surface area (Å²) < 4.78 is 10.9. The molecule has 1 fully saturated rings. The first kappa shape index (κ1) is 20.5. The number of rotatable bonds is 7. The van der Waals surface area contributed by atoms with Gasteiger partial charge >= 0.3 is 11.9 Å². The van der Waals surface area contributed by atoms with E-state index in [2.05, 4.69) is 21.2 Å². The molecule has 8 heteroatoms. The number of benzene rings is 1. The second-order valence-electron chi connectivity index (χ2n) is 6.52. The summed E-state index contributed by atoms with van der Waals surface area (Å²) in [6.45, 7) is 3.51. The van der Waals surface area contributed by atoms with Crippen LogP contribution in [0, 0.1) is 11.8 Å². The third-order valence-electron chi connectivity index (χ3n) is 4.42. The fraction of sp³-hybridized carbons (Fsp3) is 0.350. The molecule has 1 amide bonds. The zero-order valence-electron chi connectivity index (χ0n) is 15.5. The van der Waals surface area contributed by atoms with Crippen LogP contribution in [0.25, 0.3) is 11.1 Å². The highest BCUT2D eigenvalue weighted by Gasteiger charge is 2.40. The molecule has 1 aliphatic carbocycles. The van der Waals surface area contributed by atoms with Crippen LogP contribution in [-0.4, -0.2) is 31.1 Å². The lowest BCUT2D eigenvalue weighted by molar-refractivity contribution is -0.148.